The van der Waals surface area contributed by atoms with E-state index in [9.17, 15) is 13.6 Å². The molecule has 0 fully saturated rings. The van der Waals surface area contributed by atoms with Crippen molar-refractivity contribution < 1.29 is 8.78 Å². The van der Waals surface area contributed by atoms with Gasteiger partial charge in [0, 0.05) is 37.1 Å². The van der Waals surface area contributed by atoms with Gasteiger partial charge in [-0.05, 0) is 17.7 Å². The lowest BCUT2D eigenvalue weighted by atomic mass is 9.90. The SMILES string of the molecule is Cn1c2c(cc(Cc3ccc(F)cc3F)c1=O)NCC2(C)C. The van der Waals surface area contributed by atoms with Crippen LogP contribution in [0.3, 0.4) is 0 Å². The third-order valence-electron chi connectivity index (χ3n) is 4.25. The van der Waals surface area contributed by atoms with E-state index >= 15 is 0 Å². The molecule has 0 saturated heterocycles. The minimum atomic E-state index is -0.629. The molecule has 2 heterocycles. The Morgan fingerprint density at radius 3 is 2.64 bits per heavy atom. The second kappa shape index (κ2) is 4.93. The van der Waals surface area contributed by atoms with Gasteiger partial charge in [0.05, 0.1) is 11.4 Å². The van der Waals surface area contributed by atoms with Gasteiger partial charge in [-0.25, -0.2) is 8.78 Å². The van der Waals surface area contributed by atoms with Gasteiger partial charge in [-0.3, -0.25) is 4.79 Å². The lowest BCUT2D eigenvalue weighted by Crippen LogP contribution is -2.30. The number of benzene rings is 1. The number of nitrogens with zero attached hydrogens (tertiary/aromatic N) is 1. The first-order valence-corrected chi connectivity index (χ1v) is 7.21. The Morgan fingerprint density at radius 1 is 1.23 bits per heavy atom. The smallest absolute Gasteiger partial charge is 0.254 e. The summed E-state index contributed by atoms with van der Waals surface area (Å²) in [6, 6.07) is 5.22. The molecular weight excluding hydrogens is 286 g/mol. The van der Waals surface area contributed by atoms with Crippen LogP contribution in [0.1, 0.15) is 30.7 Å². The normalized spacial score (nSPS) is 15.5. The fourth-order valence-corrected chi connectivity index (χ4v) is 3.15. The summed E-state index contributed by atoms with van der Waals surface area (Å²) in [7, 11) is 1.74. The van der Waals surface area contributed by atoms with E-state index in [1.165, 1.54) is 12.1 Å². The number of pyridine rings is 1. The van der Waals surface area contributed by atoms with Crippen LogP contribution in [-0.2, 0) is 18.9 Å². The molecular formula is C17H18F2N2O. The maximum Gasteiger partial charge on any atom is 0.254 e. The lowest BCUT2D eigenvalue weighted by molar-refractivity contribution is 0.535. The molecule has 0 unspecified atom stereocenters. The van der Waals surface area contributed by atoms with Crippen LogP contribution in [-0.4, -0.2) is 11.1 Å². The van der Waals surface area contributed by atoms with E-state index in [1.54, 1.807) is 17.7 Å². The molecule has 22 heavy (non-hydrogen) atoms. The zero-order valence-corrected chi connectivity index (χ0v) is 12.8. The molecule has 116 valence electrons. The molecule has 1 aromatic heterocycles. The van der Waals surface area contributed by atoms with Gasteiger partial charge in [0.15, 0.2) is 0 Å². The van der Waals surface area contributed by atoms with E-state index in [4.69, 9.17) is 0 Å². The van der Waals surface area contributed by atoms with E-state index in [1.807, 2.05) is 0 Å². The summed E-state index contributed by atoms with van der Waals surface area (Å²) in [6.45, 7) is 4.90. The van der Waals surface area contributed by atoms with Crippen molar-refractivity contribution in [1.82, 2.24) is 4.57 Å². The van der Waals surface area contributed by atoms with E-state index in [-0.39, 0.29) is 17.4 Å². The molecule has 5 heteroatoms. The van der Waals surface area contributed by atoms with E-state index in [0.29, 0.717) is 11.1 Å². The Balaban J connectivity index is 2.07. The minimum Gasteiger partial charge on any atom is -0.383 e. The number of nitrogens with one attached hydrogen (secondary N) is 1. The molecule has 1 N–H and O–H groups in total. The molecule has 0 atom stereocenters. The van der Waals surface area contributed by atoms with Gasteiger partial charge in [0.2, 0.25) is 0 Å². The zero-order chi connectivity index (χ0) is 16.1. The number of rotatable bonds is 2. The third-order valence-corrected chi connectivity index (χ3v) is 4.25. The van der Waals surface area contributed by atoms with Crippen LogP contribution in [0.2, 0.25) is 0 Å². The maximum atomic E-state index is 13.8. The Bertz CT molecular complexity index is 809. The van der Waals surface area contributed by atoms with Gasteiger partial charge < -0.3 is 9.88 Å². The monoisotopic (exact) mass is 304 g/mol. The van der Waals surface area contributed by atoms with Crippen molar-refractivity contribution in [2.75, 3.05) is 11.9 Å². The van der Waals surface area contributed by atoms with E-state index < -0.39 is 11.6 Å². The average Bonchev–Trinajstić information content (AvgIpc) is 2.74. The first-order chi connectivity index (χ1) is 10.3. The molecule has 0 bridgehead atoms. The highest BCUT2D eigenvalue weighted by molar-refractivity contribution is 5.58. The second-order valence-corrected chi connectivity index (χ2v) is 6.45. The number of aromatic nitrogens is 1. The summed E-state index contributed by atoms with van der Waals surface area (Å²) < 4.78 is 28.4. The lowest BCUT2D eigenvalue weighted by Gasteiger charge is -2.20. The fraction of sp³-hybridized carbons (Fsp3) is 0.353. The number of halogens is 2. The topological polar surface area (TPSA) is 34.0 Å². The van der Waals surface area contributed by atoms with Crippen LogP contribution in [0, 0.1) is 11.6 Å². The van der Waals surface area contributed by atoms with Gasteiger partial charge in [0.1, 0.15) is 11.6 Å². The number of hydrogen-bond acceptors (Lipinski definition) is 2. The van der Waals surface area contributed by atoms with Gasteiger partial charge in [-0.15, -0.1) is 0 Å². The van der Waals surface area contributed by atoms with Crippen LogP contribution >= 0.6 is 0 Å². The van der Waals surface area contributed by atoms with Crippen LogP contribution < -0.4 is 10.9 Å². The molecule has 0 saturated carbocycles. The highest BCUT2D eigenvalue weighted by atomic mass is 19.1. The van der Waals surface area contributed by atoms with Gasteiger partial charge in [-0.1, -0.05) is 19.9 Å². The summed E-state index contributed by atoms with van der Waals surface area (Å²) in [6.07, 6.45) is 0.147. The highest BCUT2D eigenvalue weighted by Crippen LogP contribution is 2.35. The summed E-state index contributed by atoms with van der Waals surface area (Å²) in [5.41, 5.74) is 2.42. The van der Waals surface area contributed by atoms with Crippen molar-refractivity contribution in [3.05, 3.63) is 63.1 Å². The zero-order valence-electron chi connectivity index (χ0n) is 12.8. The summed E-state index contributed by atoms with van der Waals surface area (Å²) in [5, 5.41) is 3.29. The Hall–Kier alpha value is -2.17. The number of hydrogen-bond donors (Lipinski definition) is 1. The van der Waals surface area contributed by atoms with Crippen molar-refractivity contribution in [3.63, 3.8) is 0 Å². The largest absolute Gasteiger partial charge is 0.383 e. The van der Waals surface area contributed by atoms with E-state index in [2.05, 4.69) is 19.2 Å². The van der Waals surface area contributed by atoms with Crippen molar-refractivity contribution in [2.24, 2.45) is 7.05 Å². The van der Waals surface area contributed by atoms with Crippen molar-refractivity contribution in [3.8, 4) is 0 Å². The Kier molecular flexibility index (Phi) is 3.31. The quantitative estimate of drug-likeness (QED) is 0.925. The van der Waals surface area contributed by atoms with Gasteiger partial charge in [-0.2, -0.15) is 0 Å². The third kappa shape index (κ3) is 2.30. The van der Waals surface area contributed by atoms with Gasteiger partial charge in [0.25, 0.3) is 5.56 Å². The maximum absolute atomic E-state index is 13.8. The second-order valence-electron chi connectivity index (χ2n) is 6.45. The fourth-order valence-electron chi connectivity index (χ4n) is 3.15. The minimum absolute atomic E-state index is 0.122. The van der Waals surface area contributed by atoms with Gasteiger partial charge >= 0.3 is 0 Å². The molecule has 1 aliphatic heterocycles. The molecule has 0 aliphatic carbocycles. The number of fused-ring (bicyclic) bond motifs is 1. The predicted molar refractivity (Wildman–Crippen MR) is 82.4 cm³/mol. The highest BCUT2D eigenvalue weighted by Gasteiger charge is 2.33. The average molecular weight is 304 g/mol. The number of anilines is 1. The van der Waals surface area contributed by atoms with Crippen LogP contribution in [0.15, 0.2) is 29.1 Å². The molecule has 3 rings (SSSR count). The Morgan fingerprint density at radius 2 is 1.95 bits per heavy atom. The van der Waals surface area contributed by atoms with Crippen LogP contribution in [0.25, 0.3) is 0 Å². The molecule has 3 nitrogen and oxygen atoms in total. The molecule has 0 spiro atoms. The van der Waals surface area contributed by atoms with Crippen molar-refractivity contribution in [2.45, 2.75) is 25.7 Å². The first-order valence-electron chi connectivity index (χ1n) is 7.21. The Labute approximate surface area is 127 Å². The summed E-state index contributed by atoms with van der Waals surface area (Å²) >= 11 is 0. The predicted octanol–water partition coefficient (Wildman–Crippen LogP) is 2.96. The van der Waals surface area contributed by atoms with Crippen LogP contribution in [0.4, 0.5) is 14.5 Å². The molecule has 1 aliphatic rings. The van der Waals surface area contributed by atoms with Crippen molar-refractivity contribution >= 4 is 5.69 Å². The first kappa shape index (κ1) is 14.8. The van der Waals surface area contributed by atoms with E-state index in [0.717, 1.165) is 24.0 Å². The molecule has 0 amide bonds. The van der Waals surface area contributed by atoms with Crippen molar-refractivity contribution in [1.29, 1.82) is 0 Å². The molecule has 2 aromatic rings. The standard InChI is InChI=1S/C17H18F2N2O/c1-17(2)9-20-14-7-11(16(22)21(3)15(14)17)6-10-4-5-12(18)8-13(10)19/h4-5,7-8,20H,6,9H2,1-3H3. The molecule has 0 radical (unpaired) electrons. The molecule has 1 aromatic carbocycles. The summed E-state index contributed by atoms with van der Waals surface area (Å²) in [5.74, 6) is -1.25. The van der Waals surface area contributed by atoms with Crippen LogP contribution in [0.5, 0.6) is 0 Å². The summed E-state index contributed by atoms with van der Waals surface area (Å²) in [4.78, 5) is 12.5.